The monoisotopic (exact) mass is 274 g/mol. The van der Waals surface area contributed by atoms with E-state index in [9.17, 15) is 5.11 Å². The lowest BCUT2D eigenvalue weighted by Crippen LogP contribution is -2.16. The summed E-state index contributed by atoms with van der Waals surface area (Å²) in [4.78, 5) is 2.70. The first-order valence-electron chi connectivity index (χ1n) is 5.44. The lowest BCUT2D eigenvalue weighted by atomic mass is 10.1. The fourth-order valence-corrected chi connectivity index (χ4v) is 5.03. The summed E-state index contributed by atoms with van der Waals surface area (Å²) >= 11 is 9.46. The number of benzene rings is 1. The van der Waals surface area contributed by atoms with Gasteiger partial charge < -0.3 is 5.11 Å². The van der Waals surface area contributed by atoms with Crippen LogP contribution in [0.25, 0.3) is 0 Å². The van der Waals surface area contributed by atoms with Gasteiger partial charge in [-0.1, -0.05) is 12.1 Å². The summed E-state index contributed by atoms with van der Waals surface area (Å²) in [6.45, 7) is 0.259. The van der Waals surface area contributed by atoms with E-state index < -0.39 is 0 Å². The molecule has 0 amide bonds. The van der Waals surface area contributed by atoms with E-state index in [0.29, 0.717) is 16.4 Å². The summed E-state index contributed by atoms with van der Waals surface area (Å²) in [5.74, 6) is 1.03. The maximum absolute atomic E-state index is 9.42. The van der Waals surface area contributed by atoms with E-state index in [1.807, 2.05) is 23.5 Å². The molecular weight excluding hydrogens is 260 g/mol. The van der Waals surface area contributed by atoms with Gasteiger partial charge in [-0.05, 0) is 25.0 Å². The number of aliphatic hydroxyl groups is 1. The van der Waals surface area contributed by atoms with Crippen molar-refractivity contribution in [3.05, 3.63) is 24.3 Å². The van der Waals surface area contributed by atoms with E-state index in [4.69, 9.17) is 11.6 Å². The Bertz CT molecular complexity index is 321. The predicted octanol–water partition coefficient (Wildman–Crippen LogP) is 3.84. The van der Waals surface area contributed by atoms with Crippen molar-refractivity contribution in [2.75, 3.05) is 12.5 Å². The van der Waals surface area contributed by atoms with Gasteiger partial charge in [-0.2, -0.15) is 0 Å². The highest BCUT2D eigenvalue weighted by Crippen LogP contribution is 2.51. The molecule has 0 bridgehead atoms. The number of fused-ring (bicyclic) bond motifs is 1. The molecule has 0 fully saturated rings. The summed E-state index contributed by atoms with van der Waals surface area (Å²) in [6.07, 6.45) is 2.00. The first kappa shape index (κ1) is 12.6. The average Bonchev–Trinajstić information content (AvgIpc) is 2.73. The lowest BCUT2D eigenvalue weighted by molar-refractivity contribution is 0.228. The van der Waals surface area contributed by atoms with Crippen molar-refractivity contribution in [2.45, 2.75) is 27.2 Å². The van der Waals surface area contributed by atoms with Gasteiger partial charge in [0.2, 0.25) is 0 Å². The van der Waals surface area contributed by atoms with Crippen molar-refractivity contribution < 1.29 is 5.11 Å². The molecule has 88 valence electrons. The first-order valence-corrected chi connectivity index (χ1v) is 7.73. The third kappa shape index (κ3) is 2.89. The standard InChI is InChI=1S/C12H15ClOS2/c13-7-3-4-9(8-14)12-15-10-5-1-2-6-11(10)16-12/h1-2,5-6,9,12,14H,3-4,7-8H2/t9-/m0/s1. The Morgan fingerprint density at radius 3 is 2.38 bits per heavy atom. The van der Waals surface area contributed by atoms with Gasteiger partial charge in [0.05, 0.1) is 4.58 Å². The second-order valence-corrected chi connectivity index (χ2v) is 6.87. The van der Waals surface area contributed by atoms with Gasteiger partial charge in [-0.25, -0.2) is 0 Å². The number of aliphatic hydroxyl groups excluding tert-OH is 1. The van der Waals surface area contributed by atoms with Crippen LogP contribution in [0.1, 0.15) is 12.8 Å². The maximum atomic E-state index is 9.42. The molecule has 1 aromatic carbocycles. The minimum Gasteiger partial charge on any atom is -0.396 e. The van der Waals surface area contributed by atoms with Gasteiger partial charge in [0.1, 0.15) is 0 Å². The Kier molecular flexibility index (Phi) is 4.89. The molecule has 0 saturated heterocycles. The van der Waals surface area contributed by atoms with Crippen LogP contribution in [0.15, 0.2) is 34.1 Å². The molecule has 4 heteroatoms. The summed E-state index contributed by atoms with van der Waals surface area (Å²) in [7, 11) is 0. The van der Waals surface area contributed by atoms with Crippen molar-refractivity contribution in [3.8, 4) is 0 Å². The Morgan fingerprint density at radius 1 is 1.25 bits per heavy atom. The van der Waals surface area contributed by atoms with Gasteiger partial charge in [-0.3, -0.25) is 0 Å². The zero-order valence-corrected chi connectivity index (χ0v) is 11.3. The molecule has 0 aromatic heterocycles. The number of hydrogen-bond donors (Lipinski definition) is 1. The Labute approximate surface area is 110 Å². The molecule has 0 unspecified atom stereocenters. The van der Waals surface area contributed by atoms with Crippen molar-refractivity contribution in [1.29, 1.82) is 0 Å². The van der Waals surface area contributed by atoms with Gasteiger partial charge >= 0.3 is 0 Å². The summed E-state index contributed by atoms with van der Waals surface area (Å²) in [5.41, 5.74) is 0. The lowest BCUT2D eigenvalue weighted by Gasteiger charge is -2.19. The Hall–Kier alpha value is 0.170. The topological polar surface area (TPSA) is 20.2 Å². The average molecular weight is 275 g/mol. The summed E-state index contributed by atoms with van der Waals surface area (Å²) in [6, 6.07) is 8.45. The molecule has 0 aliphatic carbocycles. The molecule has 0 spiro atoms. The van der Waals surface area contributed by atoms with Crippen LogP contribution in [0, 0.1) is 5.92 Å². The first-order chi connectivity index (χ1) is 7.85. The second kappa shape index (κ2) is 6.20. The number of rotatable bonds is 5. The number of hydrogen-bond acceptors (Lipinski definition) is 3. The molecule has 1 aliphatic heterocycles. The Morgan fingerprint density at radius 2 is 1.88 bits per heavy atom. The van der Waals surface area contributed by atoms with Crippen molar-refractivity contribution >= 4 is 35.1 Å². The molecule has 0 saturated carbocycles. The highest BCUT2D eigenvalue weighted by molar-refractivity contribution is 8.19. The van der Waals surface area contributed by atoms with E-state index in [0.717, 1.165) is 12.8 Å². The molecule has 16 heavy (non-hydrogen) atoms. The molecule has 2 rings (SSSR count). The summed E-state index contributed by atoms with van der Waals surface area (Å²) in [5, 5.41) is 9.42. The van der Waals surface area contributed by atoms with Crippen LogP contribution in [-0.2, 0) is 0 Å². The van der Waals surface area contributed by atoms with E-state index in [-0.39, 0.29) is 6.61 Å². The van der Waals surface area contributed by atoms with Crippen LogP contribution < -0.4 is 0 Å². The number of halogens is 1. The highest BCUT2D eigenvalue weighted by Gasteiger charge is 2.29. The van der Waals surface area contributed by atoms with Crippen LogP contribution in [-0.4, -0.2) is 22.2 Å². The molecule has 0 radical (unpaired) electrons. The molecule has 1 heterocycles. The van der Waals surface area contributed by atoms with Gasteiger partial charge in [0.25, 0.3) is 0 Å². The van der Waals surface area contributed by atoms with Crippen LogP contribution in [0.4, 0.5) is 0 Å². The van der Waals surface area contributed by atoms with Gasteiger partial charge in [0, 0.05) is 28.2 Å². The minimum atomic E-state index is 0.259. The van der Waals surface area contributed by atoms with Gasteiger partial charge in [-0.15, -0.1) is 35.1 Å². The number of alkyl halides is 1. The maximum Gasteiger partial charge on any atom is 0.0647 e. The third-order valence-electron chi connectivity index (χ3n) is 2.66. The van der Waals surface area contributed by atoms with E-state index in [1.165, 1.54) is 9.79 Å². The molecule has 1 aliphatic rings. The number of thioether (sulfide) groups is 2. The van der Waals surface area contributed by atoms with Crippen molar-refractivity contribution in [3.63, 3.8) is 0 Å². The van der Waals surface area contributed by atoms with Crippen molar-refractivity contribution in [1.82, 2.24) is 0 Å². The van der Waals surface area contributed by atoms with E-state index in [1.54, 1.807) is 0 Å². The fraction of sp³-hybridized carbons (Fsp3) is 0.500. The zero-order valence-electron chi connectivity index (χ0n) is 8.93. The normalized spacial score (nSPS) is 17.4. The van der Waals surface area contributed by atoms with Crippen LogP contribution in [0.3, 0.4) is 0 Å². The predicted molar refractivity (Wildman–Crippen MR) is 72.5 cm³/mol. The quantitative estimate of drug-likeness (QED) is 0.824. The molecule has 1 N–H and O–H groups in total. The SMILES string of the molecule is OC[C@H](CCCCl)C1Sc2ccccc2S1. The molecule has 1 aromatic rings. The smallest absolute Gasteiger partial charge is 0.0647 e. The minimum absolute atomic E-state index is 0.259. The van der Waals surface area contributed by atoms with E-state index in [2.05, 4.69) is 24.3 Å². The van der Waals surface area contributed by atoms with Gasteiger partial charge in [0.15, 0.2) is 0 Å². The van der Waals surface area contributed by atoms with Crippen LogP contribution in [0.5, 0.6) is 0 Å². The van der Waals surface area contributed by atoms with Crippen molar-refractivity contribution in [2.24, 2.45) is 5.92 Å². The molecular formula is C12H15ClOS2. The summed E-state index contributed by atoms with van der Waals surface area (Å²) < 4.78 is 0.450. The zero-order chi connectivity index (χ0) is 11.4. The molecule has 1 nitrogen and oxygen atoms in total. The second-order valence-electron chi connectivity index (χ2n) is 3.82. The van der Waals surface area contributed by atoms with Crippen LogP contribution >= 0.6 is 35.1 Å². The Balaban J connectivity index is 1.98. The fourth-order valence-electron chi connectivity index (χ4n) is 1.76. The van der Waals surface area contributed by atoms with Crippen LogP contribution in [0.2, 0.25) is 0 Å². The largest absolute Gasteiger partial charge is 0.396 e. The third-order valence-corrected chi connectivity index (χ3v) is 6.09. The molecule has 1 atom stereocenters. The highest BCUT2D eigenvalue weighted by atomic mass is 35.5. The van der Waals surface area contributed by atoms with E-state index >= 15 is 0 Å².